The lowest BCUT2D eigenvalue weighted by Crippen LogP contribution is -2.11. The topological polar surface area (TPSA) is 91.4 Å². The van der Waals surface area contributed by atoms with Crippen LogP contribution in [0, 0.1) is 11.3 Å². The number of hydrogen-bond acceptors (Lipinski definition) is 5. The van der Waals surface area contributed by atoms with Crippen molar-refractivity contribution in [3.8, 4) is 28.9 Å². The minimum atomic E-state index is -4.47. The van der Waals surface area contributed by atoms with Crippen LogP contribution in [0.5, 0.6) is 0 Å². The third-order valence-corrected chi connectivity index (χ3v) is 3.63. The van der Waals surface area contributed by atoms with E-state index in [-0.39, 0.29) is 28.5 Å². The first-order valence-corrected chi connectivity index (χ1v) is 7.61. The van der Waals surface area contributed by atoms with E-state index < -0.39 is 17.2 Å². The highest BCUT2D eigenvalue weighted by molar-refractivity contribution is 5.67. The Balaban J connectivity index is 2.19. The summed E-state index contributed by atoms with van der Waals surface area (Å²) in [6.07, 6.45) is -4.47. The number of nitrogens with one attached hydrogen (secondary N) is 1. The van der Waals surface area contributed by atoms with Gasteiger partial charge in [-0.05, 0) is 18.2 Å². The lowest BCUT2D eigenvalue weighted by Gasteiger charge is -2.15. The predicted molar refractivity (Wildman–Crippen MR) is 85.7 cm³/mol. The summed E-state index contributed by atoms with van der Waals surface area (Å²) in [7, 11) is 0. The number of halogens is 3. The third kappa shape index (κ3) is 3.18. The van der Waals surface area contributed by atoms with Gasteiger partial charge in [0.1, 0.15) is 17.5 Å². The normalized spacial score (nSPS) is 12.2. The number of benzene rings is 1. The molecule has 0 spiro atoms. The van der Waals surface area contributed by atoms with E-state index in [9.17, 15) is 13.2 Å². The molecule has 1 aromatic carbocycles. The Bertz CT molecular complexity index is 989. The summed E-state index contributed by atoms with van der Waals surface area (Å²) in [6, 6.07) is 6.63. The summed E-state index contributed by atoms with van der Waals surface area (Å²) in [6.45, 7) is 5.58. The molecule has 0 aliphatic rings. The summed E-state index contributed by atoms with van der Waals surface area (Å²) >= 11 is 0. The summed E-state index contributed by atoms with van der Waals surface area (Å²) in [4.78, 5) is 4.31. The number of nitriles is 1. The molecule has 0 radical (unpaired) electrons. The van der Waals surface area contributed by atoms with E-state index >= 15 is 0 Å². The molecular formula is C17H14F3N5O. The molecule has 3 rings (SSSR count). The largest absolute Gasteiger partial charge is 0.440 e. The van der Waals surface area contributed by atoms with Gasteiger partial charge in [-0.3, -0.25) is 0 Å². The van der Waals surface area contributed by atoms with E-state index in [0.717, 1.165) is 12.1 Å². The van der Waals surface area contributed by atoms with Gasteiger partial charge in [0.25, 0.3) is 0 Å². The maximum Gasteiger partial charge on any atom is 0.416 e. The second kappa shape index (κ2) is 5.98. The molecule has 3 aromatic rings. The zero-order valence-corrected chi connectivity index (χ0v) is 14.1. The van der Waals surface area contributed by atoms with Gasteiger partial charge in [0.05, 0.1) is 5.56 Å². The van der Waals surface area contributed by atoms with Gasteiger partial charge in [-0.15, -0.1) is 5.10 Å². The third-order valence-electron chi connectivity index (χ3n) is 3.63. The van der Waals surface area contributed by atoms with Crippen LogP contribution in [0.1, 0.15) is 37.8 Å². The summed E-state index contributed by atoms with van der Waals surface area (Å²) in [5.41, 5.74) is -0.577. The van der Waals surface area contributed by atoms with Crippen molar-refractivity contribution in [2.75, 3.05) is 0 Å². The molecule has 2 heterocycles. The number of H-pyrrole nitrogens is 1. The molecule has 6 nitrogen and oxygen atoms in total. The van der Waals surface area contributed by atoms with Crippen molar-refractivity contribution in [1.82, 2.24) is 20.4 Å². The minimum absolute atomic E-state index is 0.0166. The predicted octanol–water partition coefficient (Wildman–Crippen LogP) is 4.31. The quantitative estimate of drug-likeness (QED) is 0.734. The van der Waals surface area contributed by atoms with Crippen LogP contribution in [-0.2, 0) is 11.6 Å². The van der Waals surface area contributed by atoms with Gasteiger partial charge in [0.2, 0.25) is 5.89 Å². The van der Waals surface area contributed by atoms with Crippen molar-refractivity contribution < 1.29 is 17.6 Å². The van der Waals surface area contributed by atoms with E-state index in [4.69, 9.17) is 9.68 Å². The van der Waals surface area contributed by atoms with Crippen LogP contribution in [0.2, 0.25) is 0 Å². The molecule has 0 saturated carbocycles. The van der Waals surface area contributed by atoms with Gasteiger partial charge in [0, 0.05) is 11.0 Å². The molecule has 0 aliphatic heterocycles. The minimum Gasteiger partial charge on any atom is -0.440 e. The van der Waals surface area contributed by atoms with Crippen LogP contribution in [0.15, 0.2) is 28.7 Å². The molecular weight excluding hydrogens is 347 g/mol. The monoisotopic (exact) mass is 361 g/mol. The van der Waals surface area contributed by atoms with Crippen molar-refractivity contribution in [3.63, 3.8) is 0 Å². The summed E-state index contributed by atoms with van der Waals surface area (Å²) < 4.78 is 44.7. The number of aromatic amines is 1. The van der Waals surface area contributed by atoms with Crippen molar-refractivity contribution in [1.29, 1.82) is 5.26 Å². The molecule has 2 aromatic heterocycles. The number of aromatic nitrogens is 4. The fourth-order valence-corrected chi connectivity index (χ4v) is 2.41. The van der Waals surface area contributed by atoms with Crippen LogP contribution in [0.3, 0.4) is 0 Å². The van der Waals surface area contributed by atoms with Gasteiger partial charge < -0.3 is 4.42 Å². The highest BCUT2D eigenvalue weighted by Gasteiger charge is 2.32. The van der Waals surface area contributed by atoms with Crippen molar-refractivity contribution in [3.05, 3.63) is 41.3 Å². The Labute approximate surface area is 146 Å². The highest BCUT2D eigenvalue weighted by atomic mass is 19.4. The molecule has 0 atom stereocenters. The summed E-state index contributed by atoms with van der Waals surface area (Å²) in [5, 5.41) is 19.1. The fraction of sp³-hybridized carbons (Fsp3) is 0.294. The lowest BCUT2D eigenvalue weighted by molar-refractivity contribution is -0.137. The SMILES string of the molecule is CC(C)(C)c1oc(-c2cccc(C(F)(F)F)c2)nc1-c1nn[nH]c1C#N. The molecule has 26 heavy (non-hydrogen) atoms. The molecule has 0 saturated heterocycles. The first kappa shape index (κ1) is 17.7. The van der Waals surface area contributed by atoms with Gasteiger partial charge >= 0.3 is 6.18 Å². The molecule has 1 N–H and O–H groups in total. The average molecular weight is 361 g/mol. The Morgan fingerprint density at radius 1 is 1.15 bits per heavy atom. The van der Waals surface area contributed by atoms with Crippen LogP contribution >= 0.6 is 0 Å². The molecule has 0 fully saturated rings. The van der Waals surface area contributed by atoms with E-state index in [1.807, 2.05) is 26.8 Å². The zero-order valence-electron chi connectivity index (χ0n) is 14.1. The van der Waals surface area contributed by atoms with E-state index in [1.165, 1.54) is 12.1 Å². The molecule has 9 heteroatoms. The van der Waals surface area contributed by atoms with Crippen molar-refractivity contribution in [2.45, 2.75) is 32.4 Å². The number of nitrogens with zero attached hydrogens (tertiary/aromatic N) is 4. The van der Waals surface area contributed by atoms with Crippen molar-refractivity contribution >= 4 is 0 Å². The van der Waals surface area contributed by atoms with Crippen LogP contribution in [0.25, 0.3) is 22.8 Å². The molecule has 134 valence electrons. The van der Waals surface area contributed by atoms with Gasteiger partial charge in [-0.2, -0.15) is 18.4 Å². The Morgan fingerprint density at radius 2 is 1.88 bits per heavy atom. The lowest BCUT2D eigenvalue weighted by atomic mass is 9.91. The summed E-state index contributed by atoms with van der Waals surface area (Å²) in [5.74, 6) is 0.415. The van der Waals surface area contributed by atoms with Crippen molar-refractivity contribution in [2.24, 2.45) is 0 Å². The number of oxazole rings is 1. The van der Waals surface area contributed by atoms with Gasteiger partial charge in [0.15, 0.2) is 11.4 Å². The van der Waals surface area contributed by atoms with Crippen LogP contribution < -0.4 is 0 Å². The van der Waals surface area contributed by atoms with Crippen LogP contribution in [0.4, 0.5) is 13.2 Å². The zero-order chi connectivity index (χ0) is 19.1. The Morgan fingerprint density at radius 3 is 2.50 bits per heavy atom. The molecule has 0 unspecified atom stereocenters. The molecule has 0 bridgehead atoms. The maximum absolute atomic E-state index is 13.0. The number of rotatable bonds is 2. The van der Waals surface area contributed by atoms with Gasteiger partial charge in [-0.25, -0.2) is 10.1 Å². The van der Waals surface area contributed by atoms with E-state index in [1.54, 1.807) is 0 Å². The fourth-order valence-electron chi connectivity index (χ4n) is 2.41. The second-order valence-corrected chi connectivity index (χ2v) is 6.67. The van der Waals surface area contributed by atoms with E-state index in [0.29, 0.717) is 5.76 Å². The van der Waals surface area contributed by atoms with Gasteiger partial charge in [-0.1, -0.05) is 32.1 Å². The Hall–Kier alpha value is -3.15. The van der Waals surface area contributed by atoms with Crippen LogP contribution in [-0.4, -0.2) is 20.4 Å². The highest BCUT2D eigenvalue weighted by Crippen LogP contribution is 2.38. The Kier molecular flexibility index (Phi) is 4.06. The standard InChI is InChI=1S/C17H14F3N5O/c1-16(2,3)14-13(12-11(8-21)23-25-24-12)22-15(26-14)9-5-4-6-10(7-9)17(18,19)20/h4-7H,1-3H3,(H,23,24,25). The first-order chi connectivity index (χ1) is 12.1. The van der Waals surface area contributed by atoms with E-state index in [2.05, 4.69) is 20.4 Å². The number of alkyl halides is 3. The average Bonchev–Trinajstić information content (AvgIpc) is 3.20. The first-order valence-electron chi connectivity index (χ1n) is 7.61. The maximum atomic E-state index is 13.0. The second-order valence-electron chi connectivity index (χ2n) is 6.67. The molecule has 0 amide bonds. The molecule has 0 aliphatic carbocycles. The smallest absolute Gasteiger partial charge is 0.416 e. The number of hydrogen-bond donors (Lipinski definition) is 1.